The molecule has 0 spiro atoms. The number of nitrogens with one attached hydrogen (secondary N) is 2. The summed E-state index contributed by atoms with van der Waals surface area (Å²) >= 11 is 0. The molecule has 0 bridgehead atoms. The van der Waals surface area contributed by atoms with E-state index in [4.69, 9.17) is 4.74 Å². The Balaban J connectivity index is 2.30. The lowest BCUT2D eigenvalue weighted by molar-refractivity contribution is -0.121. The van der Waals surface area contributed by atoms with Crippen molar-refractivity contribution in [3.8, 4) is 0 Å². The zero-order valence-corrected chi connectivity index (χ0v) is 11.1. The van der Waals surface area contributed by atoms with E-state index in [1.807, 2.05) is 26.0 Å². The van der Waals surface area contributed by atoms with Gasteiger partial charge >= 0.3 is 0 Å². The number of hydrogen-bond acceptors (Lipinski definition) is 4. The van der Waals surface area contributed by atoms with E-state index in [0.717, 1.165) is 5.56 Å². The maximum Gasteiger partial charge on any atom is 0.234 e. The average molecular weight is 251 g/mol. The minimum absolute atomic E-state index is 0.0259. The van der Waals surface area contributed by atoms with E-state index in [1.165, 1.54) is 0 Å². The lowest BCUT2D eigenvalue weighted by Crippen LogP contribution is -2.41. The van der Waals surface area contributed by atoms with Crippen LogP contribution in [0, 0.1) is 0 Å². The fraction of sp³-hybridized carbons (Fsp3) is 0.538. The summed E-state index contributed by atoms with van der Waals surface area (Å²) in [6, 6.07) is 3.99. The predicted molar refractivity (Wildman–Crippen MR) is 70.1 cm³/mol. The summed E-state index contributed by atoms with van der Waals surface area (Å²) in [5.74, 6) is -0.0321. The van der Waals surface area contributed by atoms with Gasteiger partial charge in [-0.3, -0.25) is 9.78 Å². The van der Waals surface area contributed by atoms with Crippen molar-refractivity contribution in [2.75, 3.05) is 20.3 Å². The first-order chi connectivity index (χ1) is 8.63. The second-order valence-corrected chi connectivity index (χ2v) is 4.31. The maximum atomic E-state index is 11.6. The Labute approximate surface area is 108 Å². The van der Waals surface area contributed by atoms with Gasteiger partial charge in [-0.2, -0.15) is 0 Å². The fourth-order valence-corrected chi connectivity index (χ4v) is 1.61. The molecule has 1 heterocycles. The molecule has 0 aliphatic heterocycles. The van der Waals surface area contributed by atoms with E-state index >= 15 is 0 Å². The summed E-state index contributed by atoms with van der Waals surface area (Å²) in [4.78, 5) is 15.7. The van der Waals surface area contributed by atoms with E-state index in [9.17, 15) is 4.79 Å². The molecule has 0 saturated carbocycles. The molecule has 1 amide bonds. The van der Waals surface area contributed by atoms with Crippen LogP contribution in [0.5, 0.6) is 0 Å². The first-order valence-corrected chi connectivity index (χ1v) is 6.05. The van der Waals surface area contributed by atoms with Crippen LogP contribution in [0.4, 0.5) is 0 Å². The van der Waals surface area contributed by atoms with E-state index in [-0.39, 0.29) is 24.5 Å². The number of rotatable bonds is 7. The number of ether oxygens (including phenoxy) is 1. The minimum Gasteiger partial charge on any atom is -0.383 e. The van der Waals surface area contributed by atoms with Crippen molar-refractivity contribution in [2.24, 2.45) is 0 Å². The van der Waals surface area contributed by atoms with Crippen molar-refractivity contribution in [1.82, 2.24) is 15.6 Å². The Bertz CT molecular complexity index is 357. The first kappa shape index (κ1) is 14.6. The largest absolute Gasteiger partial charge is 0.383 e. The molecule has 0 saturated heterocycles. The second kappa shape index (κ2) is 7.79. The average Bonchev–Trinajstić information content (AvgIpc) is 2.37. The van der Waals surface area contributed by atoms with Gasteiger partial charge in [-0.25, -0.2) is 0 Å². The van der Waals surface area contributed by atoms with Crippen LogP contribution in [0.15, 0.2) is 24.5 Å². The van der Waals surface area contributed by atoms with Crippen LogP contribution in [0.1, 0.15) is 25.5 Å². The van der Waals surface area contributed by atoms with Gasteiger partial charge in [0.15, 0.2) is 0 Å². The van der Waals surface area contributed by atoms with Crippen LogP contribution in [-0.4, -0.2) is 37.2 Å². The van der Waals surface area contributed by atoms with Gasteiger partial charge in [-0.05, 0) is 25.5 Å². The molecule has 5 nitrogen and oxygen atoms in total. The molecule has 2 atom stereocenters. The number of nitrogens with zero attached hydrogens (tertiary/aromatic N) is 1. The third kappa shape index (κ3) is 5.25. The van der Waals surface area contributed by atoms with Crippen molar-refractivity contribution in [3.63, 3.8) is 0 Å². The minimum atomic E-state index is -0.0321. The highest BCUT2D eigenvalue weighted by Gasteiger charge is 2.09. The van der Waals surface area contributed by atoms with E-state index in [2.05, 4.69) is 15.6 Å². The van der Waals surface area contributed by atoms with Crippen LogP contribution in [0.3, 0.4) is 0 Å². The molecule has 5 heteroatoms. The van der Waals surface area contributed by atoms with Gasteiger partial charge < -0.3 is 15.4 Å². The number of aromatic nitrogens is 1. The zero-order chi connectivity index (χ0) is 13.4. The molecule has 1 aromatic rings. The first-order valence-electron chi connectivity index (χ1n) is 6.05. The molecule has 18 heavy (non-hydrogen) atoms. The molecule has 2 unspecified atom stereocenters. The van der Waals surface area contributed by atoms with Crippen molar-refractivity contribution in [1.29, 1.82) is 0 Å². The smallest absolute Gasteiger partial charge is 0.234 e. The van der Waals surface area contributed by atoms with Gasteiger partial charge in [-0.15, -0.1) is 0 Å². The van der Waals surface area contributed by atoms with Gasteiger partial charge in [0, 0.05) is 31.6 Å². The Hall–Kier alpha value is -1.46. The summed E-state index contributed by atoms with van der Waals surface area (Å²) in [5, 5.41) is 6.00. The van der Waals surface area contributed by atoms with Crippen LogP contribution >= 0.6 is 0 Å². The quantitative estimate of drug-likeness (QED) is 0.755. The Morgan fingerprint density at radius 2 is 2.28 bits per heavy atom. The summed E-state index contributed by atoms with van der Waals surface area (Å²) in [6.07, 6.45) is 3.53. The second-order valence-electron chi connectivity index (χ2n) is 4.31. The number of carbonyl (C=O) groups excluding carboxylic acids is 1. The van der Waals surface area contributed by atoms with Gasteiger partial charge in [0.2, 0.25) is 5.91 Å². The topological polar surface area (TPSA) is 63.2 Å². The molecule has 0 aliphatic carbocycles. The third-order valence-corrected chi connectivity index (χ3v) is 2.58. The van der Waals surface area contributed by atoms with Crippen LogP contribution < -0.4 is 10.6 Å². The van der Waals surface area contributed by atoms with Gasteiger partial charge in [-0.1, -0.05) is 6.07 Å². The highest BCUT2D eigenvalue weighted by Crippen LogP contribution is 2.08. The number of methoxy groups -OCH3 is 1. The van der Waals surface area contributed by atoms with Crippen LogP contribution in [0.25, 0.3) is 0 Å². The lowest BCUT2D eigenvalue weighted by Gasteiger charge is -2.16. The van der Waals surface area contributed by atoms with Gasteiger partial charge in [0.1, 0.15) is 0 Å². The zero-order valence-electron chi connectivity index (χ0n) is 11.1. The van der Waals surface area contributed by atoms with Gasteiger partial charge in [0.25, 0.3) is 0 Å². The fourth-order valence-electron chi connectivity index (χ4n) is 1.61. The molecule has 2 N–H and O–H groups in total. The Morgan fingerprint density at radius 1 is 1.50 bits per heavy atom. The van der Waals surface area contributed by atoms with E-state index < -0.39 is 0 Å². The van der Waals surface area contributed by atoms with Crippen molar-refractivity contribution in [3.05, 3.63) is 30.1 Å². The molecule has 0 fully saturated rings. The number of hydrogen-bond donors (Lipinski definition) is 2. The molecule has 0 radical (unpaired) electrons. The van der Waals surface area contributed by atoms with Gasteiger partial charge in [0.05, 0.1) is 13.2 Å². The monoisotopic (exact) mass is 251 g/mol. The molecular formula is C13H21N3O2. The van der Waals surface area contributed by atoms with Crippen LogP contribution in [-0.2, 0) is 9.53 Å². The number of pyridine rings is 1. The molecule has 100 valence electrons. The highest BCUT2D eigenvalue weighted by molar-refractivity contribution is 5.78. The molecule has 0 aromatic carbocycles. The lowest BCUT2D eigenvalue weighted by atomic mass is 10.1. The normalized spacial score (nSPS) is 13.9. The number of amides is 1. The highest BCUT2D eigenvalue weighted by atomic mass is 16.5. The van der Waals surface area contributed by atoms with Crippen molar-refractivity contribution in [2.45, 2.75) is 25.9 Å². The van der Waals surface area contributed by atoms with Crippen molar-refractivity contribution < 1.29 is 9.53 Å². The molecule has 0 aliphatic rings. The Morgan fingerprint density at radius 3 is 2.89 bits per heavy atom. The standard InChI is InChI=1S/C13H21N3O2/c1-10(9-18-3)16-13(17)8-15-11(2)12-5-4-6-14-7-12/h4-7,10-11,15H,8-9H2,1-3H3,(H,16,17). The van der Waals surface area contributed by atoms with Crippen LogP contribution in [0.2, 0.25) is 0 Å². The van der Waals surface area contributed by atoms with E-state index in [0.29, 0.717) is 6.61 Å². The van der Waals surface area contributed by atoms with Crippen molar-refractivity contribution >= 4 is 5.91 Å². The summed E-state index contributed by atoms with van der Waals surface area (Å²) in [5.41, 5.74) is 1.07. The molecule has 1 aromatic heterocycles. The summed E-state index contributed by atoms with van der Waals surface area (Å²) in [7, 11) is 1.62. The maximum absolute atomic E-state index is 11.6. The predicted octanol–water partition coefficient (Wildman–Crippen LogP) is 0.883. The molecular weight excluding hydrogens is 230 g/mol. The summed E-state index contributed by atoms with van der Waals surface area (Å²) in [6.45, 7) is 4.71. The SMILES string of the molecule is COCC(C)NC(=O)CNC(C)c1cccnc1. The third-order valence-electron chi connectivity index (χ3n) is 2.58. The molecule has 1 rings (SSSR count). The Kier molecular flexibility index (Phi) is 6.32. The summed E-state index contributed by atoms with van der Waals surface area (Å²) < 4.78 is 4.96. The number of carbonyl (C=O) groups is 1. The van der Waals surface area contributed by atoms with E-state index in [1.54, 1.807) is 19.5 Å².